The van der Waals surface area contributed by atoms with Crippen LogP contribution in [0.25, 0.3) is 11.1 Å². The van der Waals surface area contributed by atoms with E-state index in [0.29, 0.717) is 31.1 Å². The third-order valence-electron chi connectivity index (χ3n) is 6.00. The molecule has 2 aromatic heterocycles. The summed E-state index contributed by atoms with van der Waals surface area (Å²) in [7, 11) is 0. The van der Waals surface area contributed by atoms with Crippen LogP contribution in [0.4, 0.5) is 0 Å². The van der Waals surface area contributed by atoms with Crippen LogP contribution in [0.3, 0.4) is 0 Å². The number of nitrogens with zero attached hydrogens (tertiary/aromatic N) is 3. The van der Waals surface area contributed by atoms with Crippen LogP contribution in [-0.4, -0.2) is 27.0 Å². The van der Waals surface area contributed by atoms with Gasteiger partial charge in [0.25, 0.3) is 0 Å². The predicted molar refractivity (Wildman–Crippen MR) is 138 cm³/mol. The molecular weight excluding hydrogens is 497 g/mol. The fourth-order valence-electron chi connectivity index (χ4n) is 3.87. The van der Waals surface area contributed by atoms with Crippen LogP contribution >= 0.6 is 0 Å². The van der Waals surface area contributed by atoms with Gasteiger partial charge in [-0.3, -0.25) is 9.53 Å². The first-order chi connectivity index (χ1) is 17.6. The molecule has 2 heterocycles. The zero-order chi connectivity index (χ0) is 26.6. The molecule has 0 aliphatic heterocycles. The van der Waals surface area contributed by atoms with Gasteiger partial charge in [-0.05, 0) is 73.2 Å². The summed E-state index contributed by atoms with van der Waals surface area (Å²) < 4.78 is 17.3. The second kappa shape index (κ2) is 12.6. The molecule has 194 valence electrons. The molecule has 10 heteroatoms. The van der Waals surface area contributed by atoms with Gasteiger partial charge in [0.1, 0.15) is 12.4 Å². The predicted octanol–water partition coefficient (Wildman–Crippen LogP) is 0.609. The Morgan fingerprint density at radius 3 is 2.47 bits per heavy atom. The summed E-state index contributed by atoms with van der Waals surface area (Å²) >= 11 is 0. The molecule has 4 aromatic rings. The number of rotatable bonds is 10. The second-order valence-corrected chi connectivity index (χ2v) is 9.56. The smallest absolute Gasteiger partial charge is 0.493 e. The quantitative estimate of drug-likeness (QED) is 0.298. The summed E-state index contributed by atoms with van der Waals surface area (Å²) in [6.45, 7) is 8.50. The van der Waals surface area contributed by atoms with Gasteiger partial charge in [0.15, 0.2) is 5.69 Å². The summed E-state index contributed by atoms with van der Waals surface area (Å²) in [6.07, 6.45) is 2.11. The molecule has 0 bridgehead atoms. The monoisotopic (exact) mass is 527 g/mol. The molecule has 0 spiro atoms. The van der Waals surface area contributed by atoms with Crippen LogP contribution in [0.15, 0.2) is 68.8 Å². The van der Waals surface area contributed by atoms with E-state index in [1.54, 1.807) is 32.2 Å². The molecule has 9 nitrogen and oxygen atoms in total. The Morgan fingerprint density at radius 1 is 1.05 bits per heavy atom. The number of hydrogen-bond acceptors (Lipinski definition) is 7. The molecule has 0 saturated carbocycles. The van der Waals surface area contributed by atoms with Crippen LogP contribution in [0.2, 0.25) is 0 Å². The van der Waals surface area contributed by atoms with Crippen molar-refractivity contribution in [2.45, 2.75) is 52.9 Å². The van der Waals surface area contributed by atoms with Crippen molar-refractivity contribution in [3.05, 3.63) is 98.0 Å². The first kappa shape index (κ1) is 29.4. The summed E-state index contributed by atoms with van der Waals surface area (Å²) in [5.74, 6) is 0.294. The Labute approximate surface area is 242 Å². The van der Waals surface area contributed by atoms with Crippen molar-refractivity contribution in [3.8, 4) is 22.8 Å². The van der Waals surface area contributed by atoms with Crippen molar-refractivity contribution in [3.63, 3.8) is 0 Å². The van der Waals surface area contributed by atoms with Gasteiger partial charge in [0.2, 0.25) is 5.88 Å². The van der Waals surface area contributed by atoms with E-state index in [0.717, 1.165) is 38.3 Å². The van der Waals surface area contributed by atoms with E-state index < -0.39 is 17.0 Å². The van der Waals surface area contributed by atoms with Crippen molar-refractivity contribution in [1.82, 2.24) is 14.7 Å². The topological polar surface area (TPSA) is 118 Å². The van der Waals surface area contributed by atoms with Crippen molar-refractivity contribution in [2.75, 3.05) is 6.61 Å². The average Bonchev–Trinajstić information content (AvgIpc) is 3.15. The first-order valence-electron chi connectivity index (χ1n) is 12.0. The maximum absolute atomic E-state index is 11.5. The summed E-state index contributed by atoms with van der Waals surface area (Å²) in [5, 5.41) is 9.87. The second-order valence-electron chi connectivity index (χ2n) is 9.56. The minimum absolute atomic E-state index is 0. The van der Waals surface area contributed by atoms with Crippen molar-refractivity contribution >= 4 is 0 Å². The number of aliphatic hydroxyl groups is 1. The zero-order valence-electron chi connectivity index (χ0n) is 22.4. The Kier molecular flexibility index (Phi) is 9.78. The van der Waals surface area contributed by atoms with Crippen LogP contribution in [0, 0.1) is 13.8 Å². The maximum atomic E-state index is 11.5. The number of ether oxygens (including phenoxy) is 2. The minimum Gasteiger partial charge on any atom is -0.493 e. The molecule has 0 aliphatic carbocycles. The Morgan fingerprint density at radius 2 is 1.84 bits per heavy atom. The van der Waals surface area contributed by atoms with E-state index in [4.69, 9.17) is 14.0 Å². The van der Waals surface area contributed by atoms with E-state index in [9.17, 15) is 14.7 Å². The Balaban J connectivity index is 0.00000400. The normalized spacial score (nSPS) is 11.2. The molecule has 0 fully saturated rings. The number of pyridine rings is 1. The molecular formula is C28H30N3NaO6. The van der Waals surface area contributed by atoms with Gasteiger partial charge in [0.05, 0.1) is 12.2 Å². The van der Waals surface area contributed by atoms with Crippen LogP contribution in [-0.2, 0) is 13.2 Å². The van der Waals surface area contributed by atoms with E-state index in [1.807, 2.05) is 24.3 Å². The third kappa shape index (κ3) is 7.70. The van der Waals surface area contributed by atoms with E-state index in [2.05, 4.69) is 35.9 Å². The fraction of sp³-hybridized carbons (Fsp3) is 0.321. The number of benzene rings is 2. The van der Waals surface area contributed by atoms with E-state index in [1.165, 1.54) is 0 Å². The molecule has 0 radical (unpaired) electrons. The largest absolute Gasteiger partial charge is 1.00 e. The molecule has 0 saturated heterocycles. The molecule has 0 aliphatic rings. The molecule has 38 heavy (non-hydrogen) atoms. The molecule has 0 amide bonds. The Bertz CT molecular complexity index is 1480. The van der Waals surface area contributed by atoms with E-state index >= 15 is 0 Å². The summed E-state index contributed by atoms with van der Waals surface area (Å²) in [6, 6.07) is 15.6. The van der Waals surface area contributed by atoms with Crippen molar-refractivity contribution in [2.24, 2.45) is 0 Å². The molecule has 0 atom stereocenters. The van der Waals surface area contributed by atoms with Gasteiger partial charge in [-0.25, -0.2) is 9.78 Å². The van der Waals surface area contributed by atoms with Gasteiger partial charge >= 0.3 is 35.3 Å². The number of hydrogen-bond donors (Lipinski definition) is 1. The standard InChI is InChI=1S/C28H31N3O6.Na/c1-18-14-22(35-13-12-28(3,4)34)9-10-23(18)24-7-5-6-21(19(24)2)17-36-25-11-8-20(15-29-25)16-31-26(32)30-27(33)37-31;/h5-11,14-15,34H,12-13,16-17H2,1-4H3,(H,30,32,33);/q;+1/p-1. The van der Waals surface area contributed by atoms with Crippen LogP contribution in [0.5, 0.6) is 11.6 Å². The fourth-order valence-corrected chi connectivity index (χ4v) is 3.87. The van der Waals surface area contributed by atoms with Crippen molar-refractivity contribution in [1.29, 1.82) is 0 Å². The van der Waals surface area contributed by atoms with Gasteiger partial charge in [-0.15, -0.1) is 0 Å². The summed E-state index contributed by atoms with van der Waals surface area (Å²) in [5.41, 5.74) is 4.64. The average molecular weight is 528 g/mol. The van der Waals surface area contributed by atoms with E-state index in [-0.39, 0.29) is 36.1 Å². The van der Waals surface area contributed by atoms with Gasteiger partial charge in [-0.1, -0.05) is 30.3 Å². The van der Waals surface area contributed by atoms with Gasteiger partial charge in [-0.2, -0.15) is 0 Å². The minimum atomic E-state index is -0.919. The third-order valence-corrected chi connectivity index (χ3v) is 6.00. The maximum Gasteiger partial charge on any atom is 1.00 e. The van der Waals surface area contributed by atoms with Crippen LogP contribution < -0.4 is 55.5 Å². The zero-order valence-corrected chi connectivity index (χ0v) is 24.4. The van der Waals surface area contributed by atoms with Gasteiger partial charge < -0.3 is 24.1 Å². The molecule has 4 rings (SSSR count). The van der Waals surface area contributed by atoms with Crippen molar-refractivity contribution < 1.29 is 48.7 Å². The molecule has 2 aromatic carbocycles. The Hall–Kier alpha value is -3.11. The first-order valence-corrected chi connectivity index (χ1v) is 12.0. The SMILES string of the molecule is Cc1cc(OCCC(C)(C)O)ccc1-c1cccc(COc2ccc(Cn3oc(=O)[n-]c3=O)cn2)c1C.[Na+]. The molecule has 0 unspecified atom stereocenters. The summed E-state index contributed by atoms with van der Waals surface area (Å²) in [4.78, 5) is 30.1. The number of aryl methyl sites for hydroxylation is 1. The van der Waals surface area contributed by atoms with Gasteiger partial charge in [0, 0.05) is 25.2 Å². The van der Waals surface area contributed by atoms with Crippen LogP contribution in [0.1, 0.15) is 42.5 Å². The molecule has 1 N–H and O–H groups in total. The number of aromatic nitrogens is 3.